The monoisotopic (exact) mass is 662 g/mol. The second kappa shape index (κ2) is 12.0. The van der Waals surface area contributed by atoms with Gasteiger partial charge in [0.15, 0.2) is 0 Å². The van der Waals surface area contributed by atoms with E-state index in [1.165, 1.54) is 11.1 Å². The van der Waals surface area contributed by atoms with Crippen molar-refractivity contribution in [2.24, 2.45) is 5.92 Å². The number of hydrogen-bond donors (Lipinski definition) is 1. The molecule has 1 aliphatic carbocycles. The molecule has 7 heterocycles. The molecule has 2 atom stereocenters. The second-order valence-corrected chi connectivity index (χ2v) is 14.5. The van der Waals surface area contributed by atoms with Crippen LogP contribution in [-0.2, 0) is 17.6 Å². The van der Waals surface area contributed by atoms with Crippen LogP contribution >= 0.6 is 11.3 Å². The molecule has 11 heteroatoms. The van der Waals surface area contributed by atoms with E-state index in [9.17, 15) is 4.79 Å². The molecule has 246 valence electrons. The van der Waals surface area contributed by atoms with E-state index >= 15 is 0 Å². The first-order chi connectivity index (χ1) is 23.6. The summed E-state index contributed by atoms with van der Waals surface area (Å²) >= 11 is 1.66. The highest BCUT2D eigenvalue weighted by Crippen LogP contribution is 2.51. The van der Waals surface area contributed by atoms with Gasteiger partial charge in [0.1, 0.15) is 11.6 Å². The van der Waals surface area contributed by atoms with E-state index < -0.39 is 0 Å². The van der Waals surface area contributed by atoms with Crippen LogP contribution in [0.2, 0.25) is 0 Å². The minimum atomic E-state index is 0.0132. The highest BCUT2D eigenvalue weighted by Gasteiger charge is 2.45. The number of thiophene rings is 1. The number of pyridine rings is 2. The molecule has 0 spiro atoms. The standard InChI is InChI=1S/C37H38N6O4S/c1-20-41-42-36(47-20)30-26(10-8-21-13-17-46-18-14-21)39-33-27-6-4-16-43(27)37(44)32(33)31(30)29-19-22-12-15-38-35(34(22)48-29)40-25-11-9-24-23(25)5-3-7-28(24)45-2/h3,5,7,12,15,19,21,25,27H,4,6,8-11,13-14,16-18H2,1-2H3,(H,38,40)/t25-,27?/m0/s1. The molecule has 1 N–H and O–H groups in total. The topological polar surface area (TPSA) is 116 Å². The van der Waals surface area contributed by atoms with E-state index in [1.807, 2.05) is 17.2 Å². The molecule has 3 aliphatic heterocycles. The fourth-order valence-corrected chi connectivity index (χ4v) is 9.46. The van der Waals surface area contributed by atoms with Crippen LogP contribution in [0.3, 0.4) is 0 Å². The molecule has 10 nitrogen and oxygen atoms in total. The summed E-state index contributed by atoms with van der Waals surface area (Å²) in [7, 11) is 1.73. The van der Waals surface area contributed by atoms with Crippen LogP contribution in [-0.4, -0.2) is 57.8 Å². The summed E-state index contributed by atoms with van der Waals surface area (Å²) < 4.78 is 18.5. The summed E-state index contributed by atoms with van der Waals surface area (Å²) in [4.78, 5) is 27.4. The number of anilines is 1. The van der Waals surface area contributed by atoms with Gasteiger partial charge in [0.05, 0.1) is 46.4 Å². The number of carbonyl (C=O) groups is 1. The number of aromatic nitrogens is 4. The van der Waals surface area contributed by atoms with Gasteiger partial charge >= 0.3 is 0 Å². The lowest BCUT2D eigenvalue weighted by atomic mass is 9.90. The van der Waals surface area contributed by atoms with Gasteiger partial charge in [0.2, 0.25) is 11.8 Å². The van der Waals surface area contributed by atoms with Crippen LogP contribution in [0, 0.1) is 12.8 Å². The van der Waals surface area contributed by atoms with Crippen LogP contribution in [0.4, 0.5) is 5.82 Å². The van der Waals surface area contributed by atoms with Gasteiger partial charge in [-0.05, 0) is 92.0 Å². The van der Waals surface area contributed by atoms with Crippen molar-refractivity contribution >= 4 is 33.1 Å². The number of benzene rings is 1. The van der Waals surface area contributed by atoms with Gasteiger partial charge in [-0.25, -0.2) is 4.98 Å². The molecule has 4 aromatic heterocycles. The molecule has 48 heavy (non-hydrogen) atoms. The largest absolute Gasteiger partial charge is 0.496 e. The second-order valence-electron chi connectivity index (χ2n) is 13.4. The van der Waals surface area contributed by atoms with E-state index in [0.29, 0.717) is 23.3 Å². The van der Waals surface area contributed by atoms with E-state index in [1.54, 1.807) is 25.4 Å². The third-order valence-corrected chi connectivity index (χ3v) is 11.8. The van der Waals surface area contributed by atoms with Crippen molar-refractivity contribution in [3.8, 4) is 27.6 Å². The fourth-order valence-electron chi connectivity index (χ4n) is 8.30. The Kier molecular flexibility index (Phi) is 7.42. The van der Waals surface area contributed by atoms with Gasteiger partial charge in [0, 0.05) is 43.3 Å². The Hall–Kier alpha value is -4.35. The van der Waals surface area contributed by atoms with Gasteiger partial charge in [-0.2, -0.15) is 0 Å². The predicted molar refractivity (Wildman–Crippen MR) is 183 cm³/mol. The Bertz CT molecular complexity index is 2050. The van der Waals surface area contributed by atoms with Crippen molar-refractivity contribution < 1.29 is 18.7 Å². The maximum Gasteiger partial charge on any atom is 0.257 e. The van der Waals surface area contributed by atoms with Gasteiger partial charge in [-0.1, -0.05) is 12.1 Å². The number of rotatable bonds is 8. The summed E-state index contributed by atoms with van der Waals surface area (Å²) in [5.41, 5.74) is 6.70. The third kappa shape index (κ3) is 4.89. The number of amides is 1. The van der Waals surface area contributed by atoms with Crippen molar-refractivity contribution in [3.05, 3.63) is 70.5 Å². The molecular formula is C37H38N6O4S. The quantitative estimate of drug-likeness (QED) is 0.181. The van der Waals surface area contributed by atoms with Crippen molar-refractivity contribution in [3.63, 3.8) is 0 Å². The van der Waals surface area contributed by atoms with Crippen LogP contribution in [0.1, 0.15) is 89.4 Å². The average Bonchev–Trinajstić information content (AvgIpc) is 3.95. The molecule has 2 fully saturated rings. The lowest BCUT2D eigenvalue weighted by molar-refractivity contribution is 0.0639. The van der Waals surface area contributed by atoms with Crippen molar-refractivity contribution in [1.82, 2.24) is 25.1 Å². The lowest BCUT2D eigenvalue weighted by Crippen LogP contribution is -2.22. The maximum atomic E-state index is 14.2. The molecule has 0 bridgehead atoms. The number of ether oxygens (including phenoxy) is 2. The van der Waals surface area contributed by atoms with E-state index in [-0.39, 0.29) is 18.0 Å². The van der Waals surface area contributed by atoms with Gasteiger partial charge in [0.25, 0.3) is 5.91 Å². The summed E-state index contributed by atoms with van der Waals surface area (Å²) in [5, 5.41) is 13.6. The first-order valence-electron chi connectivity index (χ1n) is 17.1. The van der Waals surface area contributed by atoms with E-state index in [4.69, 9.17) is 23.9 Å². The summed E-state index contributed by atoms with van der Waals surface area (Å²) in [6, 6.07) is 10.7. The minimum Gasteiger partial charge on any atom is -0.496 e. The van der Waals surface area contributed by atoms with Crippen LogP contribution in [0.5, 0.6) is 5.75 Å². The van der Waals surface area contributed by atoms with E-state index in [0.717, 1.165) is 120 Å². The highest BCUT2D eigenvalue weighted by atomic mass is 32.1. The zero-order valence-corrected chi connectivity index (χ0v) is 28.1. The smallest absolute Gasteiger partial charge is 0.257 e. The Labute approximate surface area is 282 Å². The number of fused-ring (bicyclic) bond motifs is 5. The fraction of sp³-hybridized carbons (Fsp3) is 0.432. The lowest BCUT2D eigenvalue weighted by Gasteiger charge is -2.22. The molecule has 9 rings (SSSR count). The number of nitrogens with one attached hydrogen (secondary N) is 1. The molecule has 1 amide bonds. The zero-order valence-electron chi connectivity index (χ0n) is 27.3. The summed E-state index contributed by atoms with van der Waals surface area (Å²) in [5.74, 6) is 3.31. The van der Waals surface area contributed by atoms with Crippen LogP contribution in [0.25, 0.3) is 32.0 Å². The first kappa shape index (κ1) is 29.8. The number of carbonyl (C=O) groups excluding carboxylic acids is 1. The summed E-state index contributed by atoms with van der Waals surface area (Å²) in [6.45, 7) is 4.17. The average molecular weight is 663 g/mol. The van der Waals surface area contributed by atoms with Gasteiger partial charge < -0.3 is 24.1 Å². The molecule has 5 aromatic rings. The predicted octanol–water partition coefficient (Wildman–Crippen LogP) is 7.47. The van der Waals surface area contributed by atoms with Crippen LogP contribution < -0.4 is 10.1 Å². The van der Waals surface area contributed by atoms with Crippen molar-refractivity contribution in [1.29, 1.82) is 0 Å². The number of methoxy groups -OCH3 is 1. The number of nitrogens with zero attached hydrogens (tertiary/aromatic N) is 5. The SMILES string of the molecule is COc1cccc2c1CC[C@@H]2Nc1nccc2cc(-c3c4c(nc(CCC5CCOCC5)c3-c3nnc(C)o3)C3CCCN3C4=O)sc12. The minimum absolute atomic E-state index is 0.0132. The normalized spacial score (nSPS) is 20.4. The Morgan fingerprint density at radius 1 is 1.08 bits per heavy atom. The van der Waals surface area contributed by atoms with Gasteiger partial charge in [-0.15, -0.1) is 21.5 Å². The highest BCUT2D eigenvalue weighted by molar-refractivity contribution is 7.23. The van der Waals surface area contributed by atoms with E-state index in [2.05, 4.69) is 39.8 Å². The first-order valence-corrected chi connectivity index (χ1v) is 18.0. The Morgan fingerprint density at radius 2 is 1.98 bits per heavy atom. The third-order valence-electron chi connectivity index (χ3n) is 10.7. The van der Waals surface area contributed by atoms with Crippen molar-refractivity contribution in [2.45, 2.75) is 70.4 Å². The molecule has 0 radical (unpaired) electrons. The Balaban J connectivity index is 1.19. The molecule has 1 aromatic carbocycles. The van der Waals surface area contributed by atoms with Crippen molar-refractivity contribution in [2.75, 3.05) is 32.2 Å². The summed E-state index contributed by atoms with van der Waals surface area (Å²) in [6.07, 6.45) is 9.58. The molecule has 4 aliphatic rings. The molecular weight excluding hydrogens is 625 g/mol. The zero-order chi connectivity index (χ0) is 32.4. The molecule has 2 saturated heterocycles. The molecule has 0 saturated carbocycles. The number of aryl methyl sites for hydroxylation is 2. The number of hydrogen-bond acceptors (Lipinski definition) is 10. The van der Waals surface area contributed by atoms with Gasteiger partial charge in [-0.3, -0.25) is 9.78 Å². The Morgan fingerprint density at radius 3 is 2.81 bits per heavy atom. The molecule has 1 unspecified atom stereocenters. The maximum absolute atomic E-state index is 14.2. The van der Waals surface area contributed by atoms with Crippen LogP contribution in [0.15, 0.2) is 40.9 Å².